The van der Waals surface area contributed by atoms with Gasteiger partial charge < -0.3 is 14.1 Å². The summed E-state index contributed by atoms with van der Waals surface area (Å²) >= 11 is 0. The van der Waals surface area contributed by atoms with Crippen molar-refractivity contribution in [2.75, 3.05) is 32.8 Å². The molecule has 2 heterocycles. The average Bonchev–Trinajstić information content (AvgIpc) is 3.04. The molecule has 3 rings (SSSR count). The molecular weight excluding hydrogens is 318 g/mol. The SMILES string of the molecule is CCOC(=O)N1CCN(Cc2coc(-c3ccc(C)cc3C)n2)CC1. The Morgan fingerprint density at radius 3 is 2.68 bits per heavy atom. The number of piperazine rings is 1. The fraction of sp³-hybridized carbons (Fsp3) is 0.474. The third-order valence-electron chi connectivity index (χ3n) is 4.45. The summed E-state index contributed by atoms with van der Waals surface area (Å²) in [6.45, 7) is 10.1. The summed E-state index contributed by atoms with van der Waals surface area (Å²) in [4.78, 5) is 20.4. The number of carbonyl (C=O) groups is 1. The maximum atomic E-state index is 11.7. The van der Waals surface area contributed by atoms with Gasteiger partial charge in [0, 0.05) is 38.3 Å². The molecule has 1 aliphatic heterocycles. The van der Waals surface area contributed by atoms with Gasteiger partial charge in [-0.15, -0.1) is 0 Å². The van der Waals surface area contributed by atoms with Crippen LogP contribution in [0.15, 0.2) is 28.9 Å². The van der Waals surface area contributed by atoms with E-state index in [1.54, 1.807) is 11.2 Å². The smallest absolute Gasteiger partial charge is 0.409 e. The maximum Gasteiger partial charge on any atom is 0.409 e. The van der Waals surface area contributed by atoms with E-state index in [4.69, 9.17) is 9.15 Å². The van der Waals surface area contributed by atoms with E-state index in [0.29, 0.717) is 25.6 Å². The van der Waals surface area contributed by atoms with Crippen molar-refractivity contribution in [3.05, 3.63) is 41.3 Å². The summed E-state index contributed by atoms with van der Waals surface area (Å²) in [5.41, 5.74) is 4.34. The molecule has 6 heteroatoms. The van der Waals surface area contributed by atoms with Crippen LogP contribution in [0.5, 0.6) is 0 Å². The second-order valence-corrected chi connectivity index (χ2v) is 6.42. The van der Waals surface area contributed by atoms with Crippen LogP contribution in [0.25, 0.3) is 11.5 Å². The van der Waals surface area contributed by atoms with Crippen LogP contribution in [0.4, 0.5) is 4.79 Å². The average molecular weight is 343 g/mol. The number of ether oxygens (including phenoxy) is 1. The van der Waals surface area contributed by atoms with Gasteiger partial charge in [-0.05, 0) is 32.4 Å². The van der Waals surface area contributed by atoms with E-state index in [-0.39, 0.29) is 6.09 Å². The summed E-state index contributed by atoms with van der Waals surface area (Å²) in [6.07, 6.45) is 1.51. The van der Waals surface area contributed by atoms with Crippen molar-refractivity contribution >= 4 is 6.09 Å². The predicted molar refractivity (Wildman–Crippen MR) is 95.3 cm³/mol. The van der Waals surface area contributed by atoms with E-state index >= 15 is 0 Å². The van der Waals surface area contributed by atoms with Gasteiger partial charge in [-0.3, -0.25) is 4.90 Å². The van der Waals surface area contributed by atoms with Gasteiger partial charge in [-0.2, -0.15) is 0 Å². The number of hydrogen-bond donors (Lipinski definition) is 0. The van der Waals surface area contributed by atoms with Crippen LogP contribution >= 0.6 is 0 Å². The fourth-order valence-electron chi connectivity index (χ4n) is 3.09. The van der Waals surface area contributed by atoms with E-state index in [2.05, 4.69) is 41.9 Å². The Kier molecular flexibility index (Phi) is 5.38. The molecule has 0 spiro atoms. The van der Waals surface area contributed by atoms with E-state index in [9.17, 15) is 4.79 Å². The van der Waals surface area contributed by atoms with Crippen LogP contribution in [0.1, 0.15) is 23.7 Å². The first-order chi connectivity index (χ1) is 12.1. The lowest BCUT2D eigenvalue weighted by molar-refractivity contribution is 0.0775. The van der Waals surface area contributed by atoms with Gasteiger partial charge in [-0.1, -0.05) is 17.7 Å². The lowest BCUT2D eigenvalue weighted by Gasteiger charge is -2.33. The molecule has 0 N–H and O–H groups in total. The summed E-state index contributed by atoms with van der Waals surface area (Å²) in [7, 11) is 0. The summed E-state index contributed by atoms with van der Waals surface area (Å²) in [6, 6.07) is 6.26. The van der Waals surface area contributed by atoms with Gasteiger partial charge in [-0.25, -0.2) is 9.78 Å². The van der Waals surface area contributed by atoms with Crippen molar-refractivity contribution in [2.45, 2.75) is 27.3 Å². The molecule has 0 atom stereocenters. The van der Waals surface area contributed by atoms with Crippen LogP contribution in [-0.2, 0) is 11.3 Å². The lowest BCUT2D eigenvalue weighted by atomic mass is 10.1. The zero-order valence-electron chi connectivity index (χ0n) is 15.1. The van der Waals surface area contributed by atoms with Crippen LogP contribution in [0, 0.1) is 13.8 Å². The number of hydrogen-bond acceptors (Lipinski definition) is 5. The zero-order chi connectivity index (χ0) is 17.8. The highest BCUT2D eigenvalue weighted by Crippen LogP contribution is 2.24. The number of nitrogens with zero attached hydrogens (tertiary/aromatic N) is 3. The highest BCUT2D eigenvalue weighted by Gasteiger charge is 2.22. The number of oxazole rings is 1. The Morgan fingerprint density at radius 2 is 2.00 bits per heavy atom. The lowest BCUT2D eigenvalue weighted by Crippen LogP contribution is -2.48. The van der Waals surface area contributed by atoms with E-state index in [1.165, 1.54) is 5.56 Å². The summed E-state index contributed by atoms with van der Waals surface area (Å²) in [5.74, 6) is 0.664. The number of aromatic nitrogens is 1. The first-order valence-corrected chi connectivity index (χ1v) is 8.73. The molecule has 1 aliphatic rings. The van der Waals surface area contributed by atoms with Crippen molar-refractivity contribution in [1.29, 1.82) is 0 Å². The van der Waals surface area contributed by atoms with Crippen molar-refractivity contribution < 1.29 is 13.9 Å². The van der Waals surface area contributed by atoms with Crippen LogP contribution in [0.2, 0.25) is 0 Å². The third kappa shape index (κ3) is 4.20. The molecule has 25 heavy (non-hydrogen) atoms. The minimum absolute atomic E-state index is 0.222. The van der Waals surface area contributed by atoms with E-state index in [0.717, 1.165) is 36.5 Å². The van der Waals surface area contributed by atoms with Crippen molar-refractivity contribution in [3.63, 3.8) is 0 Å². The zero-order valence-corrected chi connectivity index (χ0v) is 15.1. The number of rotatable bonds is 4. The monoisotopic (exact) mass is 343 g/mol. The molecule has 1 aromatic carbocycles. The third-order valence-corrected chi connectivity index (χ3v) is 4.45. The van der Waals surface area contributed by atoms with Crippen LogP contribution < -0.4 is 0 Å². The van der Waals surface area contributed by atoms with Crippen LogP contribution in [0.3, 0.4) is 0 Å². The highest BCUT2D eigenvalue weighted by atomic mass is 16.6. The van der Waals surface area contributed by atoms with Crippen LogP contribution in [-0.4, -0.2) is 53.7 Å². The Balaban J connectivity index is 1.58. The number of aryl methyl sites for hydroxylation is 2. The second kappa shape index (κ2) is 7.70. The van der Waals surface area contributed by atoms with Gasteiger partial charge in [0.15, 0.2) is 0 Å². The number of amides is 1. The Bertz CT molecular complexity index is 733. The summed E-state index contributed by atoms with van der Waals surface area (Å²) < 4.78 is 10.7. The molecule has 0 radical (unpaired) electrons. The van der Waals surface area contributed by atoms with E-state index in [1.807, 2.05) is 6.92 Å². The predicted octanol–water partition coefficient (Wildman–Crippen LogP) is 3.23. The molecule has 6 nitrogen and oxygen atoms in total. The molecule has 1 aromatic heterocycles. The molecule has 2 aromatic rings. The quantitative estimate of drug-likeness (QED) is 0.853. The molecule has 0 bridgehead atoms. The summed E-state index contributed by atoms with van der Waals surface area (Å²) in [5, 5.41) is 0. The van der Waals surface area contributed by atoms with Crippen molar-refractivity contribution in [2.24, 2.45) is 0 Å². The standard InChI is InChI=1S/C19H25N3O3/c1-4-24-19(23)22-9-7-21(8-10-22)12-16-13-25-18(20-16)17-6-5-14(2)11-15(17)3/h5-6,11,13H,4,7-10,12H2,1-3H3. The topological polar surface area (TPSA) is 58.8 Å². The van der Waals surface area contributed by atoms with Gasteiger partial charge >= 0.3 is 6.09 Å². The van der Waals surface area contributed by atoms with Gasteiger partial charge in [0.1, 0.15) is 6.26 Å². The molecule has 1 fully saturated rings. The second-order valence-electron chi connectivity index (χ2n) is 6.42. The van der Waals surface area contributed by atoms with Crippen molar-refractivity contribution in [1.82, 2.24) is 14.8 Å². The normalized spacial score (nSPS) is 15.4. The van der Waals surface area contributed by atoms with Gasteiger partial charge in [0.25, 0.3) is 0 Å². The largest absolute Gasteiger partial charge is 0.450 e. The first-order valence-electron chi connectivity index (χ1n) is 8.73. The molecule has 0 aliphatic carbocycles. The minimum atomic E-state index is -0.222. The van der Waals surface area contributed by atoms with E-state index < -0.39 is 0 Å². The highest BCUT2D eigenvalue weighted by molar-refractivity contribution is 5.67. The Morgan fingerprint density at radius 1 is 1.24 bits per heavy atom. The minimum Gasteiger partial charge on any atom is -0.450 e. The molecule has 0 saturated carbocycles. The molecule has 1 saturated heterocycles. The number of carbonyl (C=O) groups excluding carboxylic acids is 1. The fourth-order valence-corrected chi connectivity index (χ4v) is 3.09. The Labute approximate surface area is 148 Å². The van der Waals surface area contributed by atoms with Crippen molar-refractivity contribution in [3.8, 4) is 11.5 Å². The molecule has 0 unspecified atom stereocenters. The Hall–Kier alpha value is -2.34. The molecule has 134 valence electrons. The van der Waals surface area contributed by atoms with Gasteiger partial charge in [0.05, 0.1) is 12.3 Å². The van der Waals surface area contributed by atoms with Gasteiger partial charge in [0.2, 0.25) is 5.89 Å². The number of benzene rings is 1. The maximum absolute atomic E-state index is 11.7. The first kappa shape index (κ1) is 17.5. The molecular formula is C19H25N3O3. The molecule has 1 amide bonds.